The lowest BCUT2D eigenvalue weighted by molar-refractivity contribution is 0.0957. The van der Waals surface area contributed by atoms with Gasteiger partial charge in [0.2, 0.25) is 0 Å². The fourth-order valence-electron chi connectivity index (χ4n) is 0.794. The van der Waals surface area contributed by atoms with E-state index >= 15 is 0 Å². The molecule has 1 N–H and O–H groups in total. The van der Waals surface area contributed by atoms with Crippen LogP contribution in [0, 0.1) is 0 Å². The monoisotopic (exact) mass is 199 g/mol. The summed E-state index contributed by atoms with van der Waals surface area (Å²) in [6.45, 7) is 0.483. The van der Waals surface area contributed by atoms with E-state index in [0.717, 1.165) is 0 Å². The number of hydrogen-bond donors (Lipinski definition) is 1. The lowest BCUT2D eigenvalue weighted by Crippen LogP contribution is -2.22. The van der Waals surface area contributed by atoms with Crippen molar-refractivity contribution < 1.29 is 9.21 Å². The van der Waals surface area contributed by atoms with Gasteiger partial charge in [0.25, 0.3) is 5.91 Å². The number of carbonyl (C=O) groups excluding carboxylic acids is 1. The molecule has 70 valence electrons. The molecule has 0 radical (unpaired) electrons. The minimum Gasteiger partial charge on any atom is -0.472 e. The Morgan fingerprint density at radius 1 is 1.62 bits per heavy atom. The molecule has 1 heterocycles. The lowest BCUT2D eigenvalue weighted by atomic mass is 10.3. The Kier molecular flexibility index (Phi) is 4.12. The highest BCUT2D eigenvalue weighted by molar-refractivity contribution is 6.18. The third-order valence-corrected chi connectivity index (χ3v) is 1.60. The number of amides is 1. The van der Waals surface area contributed by atoms with Crippen LogP contribution in [0.1, 0.15) is 10.4 Å². The molecule has 0 spiro atoms. The van der Waals surface area contributed by atoms with Crippen LogP contribution >= 0.6 is 11.6 Å². The maximum absolute atomic E-state index is 11.2. The average molecular weight is 200 g/mol. The number of halogens is 1. The van der Waals surface area contributed by atoms with E-state index in [1.165, 1.54) is 12.5 Å². The van der Waals surface area contributed by atoms with Gasteiger partial charge in [0.15, 0.2) is 0 Å². The maximum atomic E-state index is 11.2. The van der Waals surface area contributed by atoms with Gasteiger partial charge in [0.05, 0.1) is 11.8 Å². The smallest absolute Gasteiger partial charge is 0.254 e. The molecule has 0 saturated heterocycles. The van der Waals surface area contributed by atoms with Crippen LogP contribution in [0.4, 0.5) is 0 Å². The molecule has 0 bridgehead atoms. The van der Waals surface area contributed by atoms with E-state index in [9.17, 15) is 4.79 Å². The van der Waals surface area contributed by atoms with Gasteiger partial charge >= 0.3 is 0 Å². The molecule has 0 unspecified atom stereocenters. The Labute approximate surface area is 81.4 Å². The summed E-state index contributed by atoms with van der Waals surface area (Å²) in [6.07, 6.45) is 6.44. The molecule has 13 heavy (non-hydrogen) atoms. The van der Waals surface area contributed by atoms with Gasteiger partial charge < -0.3 is 9.73 Å². The minimum absolute atomic E-state index is 0.145. The first kappa shape index (κ1) is 9.86. The van der Waals surface area contributed by atoms with Crippen molar-refractivity contribution in [3.8, 4) is 0 Å². The van der Waals surface area contributed by atoms with E-state index in [-0.39, 0.29) is 5.91 Å². The number of nitrogens with one attached hydrogen (secondary N) is 1. The van der Waals surface area contributed by atoms with Gasteiger partial charge in [-0.2, -0.15) is 0 Å². The zero-order valence-corrected chi connectivity index (χ0v) is 7.75. The van der Waals surface area contributed by atoms with Crippen molar-refractivity contribution in [2.75, 3.05) is 12.4 Å². The zero-order chi connectivity index (χ0) is 9.52. The average Bonchev–Trinajstić information content (AvgIpc) is 2.65. The van der Waals surface area contributed by atoms with Gasteiger partial charge in [-0.25, -0.2) is 0 Å². The molecule has 1 amide bonds. The van der Waals surface area contributed by atoms with E-state index < -0.39 is 0 Å². The predicted octanol–water partition coefficient (Wildman–Crippen LogP) is 1.80. The molecule has 1 rings (SSSR count). The summed E-state index contributed by atoms with van der Waals surface area (Å²) in [7, 11) is 0. The van der Waals surface area contributed by atoms with Gasteiger partial charge in [-0.15, -0.1) is 11.6 Å². The zero-order valence-electron chi connectivity index (χ0n) is 7.00. The highest BCUT2D eigenvalue weighted by atomic mass is 35.5. The van der Waals surface area contributed by atoms with Crippen LogP contribution in [0.2, 0.25) is 0 Å². The molecule has 0 aliphatic rings. The fraction of sp³-hybridized carbons (Fsp3) is 0.222. The molecule has 0 fully saturated rings. The van der Waals surface area contributed by atoms with Crippen molar-refractivity contribution in [3.05, 3.63) is 36.3 Å². The van der Waals surface area contributed by atoms with Crippen LogP contribution in [0.25, 0.3) is 0 Å². The highest BCUT2D eigenvalue weighted by Gasteiger charge is 2.03. The molecular weight excluding hydrogens is 190 g/mol. The van der Waals surface area contributed by atoms with Crippen LogP contribution in [0.5, 0.6) is 0 Å². The third-order valence-electron chi connectivity index (χ3n) is 1.42. The topological polar surface area (TPSA) is 42.2 Å². The quantitative estimate of drug-likeness (QED) is 0.594. The van der Waals surface area contributed by atoms with Gasteiger partial charge in [0, 0.05) is 12.4 Å². The van der Waals surface area contributed by atoms with Crippen molar-refractivity contribution in [2.24, 2.45) is 0 Å². The van der Waals surface area contributed by atoms with Crippen molar-refractivity contribution in [2.45, 2.75) is 0 Å². The molecule has 4 heteroatoms. The molecule has 0 aliphatic heterocycles. The van der Waals surface area contributed by atoms with Gasteiger partial charge in [-0.05, 0) is 6.07 Å². The Balaban J connectivity index is 2.31. The van der Waals surface area contributed by atoms with Gasteiger partial charge in [0.1, 0.15) is 6.26 Å². The molecule has 0 aliphatic carbocycles. The summed E-state index contributed by atoms with van der Waals surface area (Å²) >= 11 is 5.40. The summed E-state index contributed by atoms with van der Waals surface area (Å²) in [5, 5.41) is 2.68. The number of carbonyl (C=O) groups is 1. The summed E-state index contributed by atoms with van der Waals surface area (Å²) in [6, 6.07) is 1.61. The van der Waals surface area contributed by atoms with Crippen molar-refractivity contribution in [3.63, 3.8) is 0 Å². The lowest BCUT2D eigenvalue weighted by Gasteiger charge is -1.97. The normalized spacial score (nSPS) is 10.5. The number of hydrogen-bond acceptors (Lipinski definition) is 2. The molecular formula is C9H10ClNO2. The summed E-state index contributed by atoms with van der Waals surface area (Å²) in [4.78, 5) is 11.2. The second-order valence-electron chi connectivity index (χ2n) is 2.35. The van der Waals surface area contributed by atoms with E-state index in [2.05, 4.69) is 5.32 Å². The van der Waals surface area contributed by atoms with Crippen molar-refractivity contribution >= 4 is 17.5 Å². The standard InChI is InChI=1S/C9H10ClNO2/c10-4-1-2-5-11-9(12)8-3-6-13-7-8/h1-3,6-7H,4-5H2,(H,11,12)/b2-1+. The Hall–Kier alpha value is -1.22. The summed E-state index contributed by atoms with van der Waals surface area (Å²) < 4.78 is 4.76. The van der Waals surface area contributed by atoms with E-state index in [4.69, 9.17) is 16.0 Å². The Morgan fingerprint density at radius 2 is 2.46 bits per heavy atom. The van der Waals surface area contributed by atoms with Crippen LogP contribution < -0.4 is 5.32 Å². The number of alkyl halides is 1. The first-order chi connectivity index (χ1) is 6.34. The highest BCUT2D eigenvalue weighted by Crippen LogP contribution is 1.98. The van der Waals surface area contributed by atoms with Gasteiger partial charge in [-0.1, -0.05) is 12.2 Å². The molecule has 0 atom stereocenters. The van der Waals surface area contributed by atoms with Crippen LogP contribution in [0.3, 0.4) is 0 Å². The molecule has 1 aromatic rings. The predicted molar refractivity (Wildman–Crippen MR) is 50.9 cm³/mol. The summed E-state index contributed by atoms with van der Waals surface area (Å²) in [5.74, 6) is 0.315. The molecule has 0 saturated carbocycles. The van der Waals surface area contributed by atoms with E-state index in [1.54, 1.807) is 18.2 Å². The Bertz CT molecular complexity index is 280. The number of furan rings is 1. The maximum Gasteiger partial charge on any atom is 0.254 e. The SMILES string of the molecule is O=C(NC/C=C/CCl)c1ccoc1. The number of rotatable bonds is 4. The van der Waals surface area contributed by atoms with Crippen LogP contribution in [-0.2, 0) is 0 Å². The first-order valence-corrected chi connectivity index (χ1v) is 4.39. The molecule has 1 aromatic heterocycles. The van der Waals surface area contributed by atoms with Crippen LogP contribution in [0.15, 0.2) is 35.2 Å². The van der Waals surface area contributed by atoms with Crippen LogP contribution in [-0.4, -0.2) is 18.3 Å². The van der Waals surface area contributed by atoms with E-state index in [0.29, 0.717) is 18.0 Å². The largest absolute Gasteiger partial charge is 0.472 e. The molecule has 3 nitrogen and oxygen atoms in total. The Morgan fingerprint density at radius 3 is 3.08 bits per heavy atom. The second kappa shape index (κ2) is 5.43. The minimum atomic E-state index is -0.145. The summed E-state index contributed by atoms with van der Waals surface area (Å²) in [5.41, 5.74) is 0.527. The first-order valence-electron chi connectivity index (χ1n) is 3.86. The third kappa shape index (κ3) is 3.34. The van der Waals surface area contributed by atoms with Gasteiger partial charge in [-0.3, -0.25) is 4.79 Å². The molecule has 0 aromatic carbocycles. The second-order valence-corrected chi connectivity index (χ2v) is 2.66. The fourth-order valence-corrected chi connectivity index (χ4v) is 0.920. The van der Waals surface area contributed by atoms with Crippen molar-refractivity contribution in [1.29, 1.82) is 0 Å². The van der Waals surface area contributed by atoms with E-state index in [1.807, 2.05) is 0 Å². The number of allylic oxidation sites excluding steroid dienone is 1. The van der Waals surface area contributed by atoms with Crippen molar-refractivity contribution in [1.82, 2.24) is 5.32 Å².